The molecule has 4 atom stereocenters. The molecule has 0 bridgehead atoms. The van der Waals surface area contributed by atoms with Gasteiger partial charge < -0.3 is 30.5 Å². The molecule has 5 N–H and O–H groups in total. The van der Waals surface area contributed by atoms with Gasteiger partial charge in [0.05, 0.1) is 6.61 Å². The van der Waals surface area contributed by atoms with Gasteiger partial charge in [0, 0.05) is 6.54 Å². The third-order valence-electron chi connectivity index (χ3n) is 4.76. The summed E-state index contributed by atoms with van der Waals surface area (Å²) in [5.41, 5.74) is 1.39. The molecule has 6 nitrogen and oxygen atoms in total. The molecule has 1 aromatic rings. The van der Waals surface area contributed by atoms with Crippen molar-refractivity contribution >= 4 is 0 Å². The van der Waals surface area contributed by atoms with Crippen LogP contribution >= 0.6 is 0 Å². The van der Waals surface area contributed by atoms with Gasteiger partial charge in [-0.2, -0.15) is 0 Å². The van der Waals surface area contributed by atoms with Gasteiger partial charge in [-0.15, -0.1) is 0 Å². The molecule has 0 aromatic heterocycles. The summed E-state index contributed by atoms with van der Waals surface area (Å²) in [5, 5.41) is 41.5. The summed E-state index contributed by atoms with van der Waals surface area (Å²) in [4.78, 5) is 0. The number of rotatable bonds is 11. The van der Waals surface area contributed by atoms with Crippen molar-refractivity contribution in [3.05, 3.63) is 35.9 Å². The highest BCUT2D eigenvalue weighted by Gasteiger charge is 2.52. The fourth-order valence-electron chi connectivity index (χ4n) is 3.16. The van der Waals surface area contributed by atoms with E-state index in [4.69, 9.17) is 9.84 Å². The number of hydrogen-bond donors (Lipinski definition) is 5. The summed E-state index contributed by atoms with van der Waals surface area (Å²) in [6, 6.07) is 10.5. The van der Waals surface area contributed by atoms with Crippen LogP contribution in [0.5, 0.6) is 0 Å². The molecule has 0 unspecified atom stereocenters. The van der Waals surface area contributed by atoms with Gasteiger partial charge in [0.25, 0.3) is 0 Å². The summed E-state index contributed by atoms with van der Waals surface area (Å²) in [6.45, 7) is 0.373. The number of aliphatic hydroxyl groups excluding tert-OH is 3. The van der Waals surface area contributed by atoms with E-state index < -0.39 is 30.7 Å². The zero-order chi connectivity index (χ0) is 18.1. The number of nitrogens with one attached hydrogen (secondary N) is 1. The highest BCUT2D eigenvalue weighted by Crippen LogP contribution is 2.28. The fourth-order valence-corrected chi connectivity index (χ4v) is 3.16. The topological polar surface area (TPSA) is 102 Å². The van der Waals surface area contributed by atoms with Crippen LogP contribution in [0.3, 0.4) is 0 Å². The predicted molar refractivity (Wildman–Crippen MR) is 95.0 cm³/mol. The largest absolute Gasteiger partial charge is 0.391 e. The monoisotopic (exact) mass is 353 g/mol. The molecular formula is C19H31NO5. The van der Waals surface area contributed by atoms with Gasteiger partial charge in [-0.05, 0) is 31.4 Å². The average molecular weight is 353 g/mol. The molecule has 1 aromatic carbocycles. The van der Waals surface area contributed by atoms with Crippen LogP contribution in [0, 0.1) is 0 Å². The van der Waals surface area contributed by atoms with Crippen LogP contribution in [0.15, 0.2) is 30.3 Å². The number of hydrogen-bond acceptors (Lipinski definition) is 6. The van der Waals surface area contributed by atoms with Gasteiger partial charge in [-0.25, -0.2) is 0 Å². The normalized spacial score (nSPS) is 29.2. The first-order valence-corrected chi connectivity index (χ1v) is 9.18. The summed E-state index contributed by atoms with van der Waals surface area (Å²) < 4.78 is 5.17. The fraction of sp³-hybridized carbons (Fsp3) is 0.684. The van der Waals surface area contributed by atoms with Crippen molar-refractivity contribution in [2.24, 2.45) is 0 Å². The van der Waals surface area contributed by atoms with Gasteiger partial charge in [-0.1, -0.05) is 49.6 Å². The van der Waals surface area contributed by atoms with Crippen molar-refractivity contribution < 1.29 is 25.2 Å². The maximum absolute atomic E-state index is 9.83. The lowest BCUT2D eigenvalue weighted by Crippen LogP contribution is -2.46. The van der Waals surface area contributed by atoms with Crippen molar-refractivity contribution in [2.75, 3.05) is 19.7 Å². The second-order valence-corrected chi connectivity index (χ2v) is 6.80. The highest BCUT2D eigenvalue weighted by atomic mass is 16.7. The zero-order valence-corrected chi connectivity index (χ0v) is 14.7. The van der Waals surface area contributed by atoms with Gasteiger partial charge in [0.1, 0.15) is 18.3 Å². The Hall–Kier alpha value is -1.02. The molecule has 0 spiro atoms. The Morgan fingerprint density at radius 3 is 2.36 bits per heavy atom. The second-order valence-electron chi connectivity index (χ2n) is 6.80. The van der Waals surface area contributed by atoms with Crippen LogP contribution < -0.4 is 5.32 Å². The lowest BCUT2D eigenvalue weighted by atomic mass is 10.1. The lowest BCUT2D eigenvalue weighted by molar-refractivity contribution is -0.245. The van der Waals surface area contributed by atoms with Gasteiger partial charge in [-0.3, -0.25) is 0 Å². The molecule has 142 valence electrons. The van der Waals surface area contributed by atoms with Crippen LogP contribution in [0.4, 0.5) is 0 Å². The van der Waals surface area contributed by atoms with E-state index >= 15 is 0 Å². The van der Waals surface area contributed by atoms with Crippen molar-refractivity contribution in [1.82, 2.24) is 5.32 Å². The Labute approximate surface area is 149 Å². The van der Waals surface area contributed by atoms with E-state index in [1.165, 1.54) is 24.8 Å². The van der Waals surface area contributed by atoms with Crippen molar-refractivity contribution in [1.29, 1.82) is 0 Å². The summed E-state index contributed by atoms with van der Waals surface area (Å²) in [7, 11) is 0. The number of unbranched alkanes of at least 4 members (excludes halogenated alkanes) is 4. The molecule has 0 aliphatic carbocycles. The second kappa shape index (κ2) is 10.2. The smallest absolute Gasteiger partial charge is 0.219 e. The SMILES string of the molecule is OC[C@]1(O)O[C@H](CNCCCCCCCc2ccccc2)[C@H](O)[C@H]1O. The molecule has 0 radical (unpaired) electrons. The third-order valence-corrected chi connectivity index (χ3v) is 4.76. The molecule has 2 rings (SSSR count). The van der Waals surface area contributed by atoms with E-state index in [-0.39, 0.29) is 0 Å². The van der Waals surface area contributed by atoms with Crippen LogP contribution in [-0.4, -0.2) is 64.2 Å². The Kier molecular flexibility index (Phi) is 8.29. The standard InChI is InChI=1S/C19H31NO5/c21-14-19(24)18(23)17(22)16(25-19)13-20-12-8-3-1-2-5-9-15-10-6-4-7-11-15/h4,6-7,10-11,16-18,20-24H,1-3,5,8-9,12-14H2/t16-,17+,18-,19+/m1/s1. The van der Waals surface area contributed by atoms with E-state index in [2.05, 4.69) is 29.6 Å². The van der Waals surface area contributed by atoms with E-state index in [9.17, 15) is 15.3 Å². The maximum atomic E-state index is 9.83. The summed E-state index contributed by atoms with van der Waals surface area (Å²) >= 11 is 0. The molecule has 6 heteroatoms. The Morgan fingerprint density at radius 1 is 1.00 bits per heavy atom. The van der Waals surface area contributed by atoms with Crippen molar-refractivity contribution in [3.8, 4) is 0 Å². The molecule has 1 fully saturated rings. The highest BCUT2D eigenvalue weighted by molar-refractivity contribution is 5.14. The van der Waals surface area contributed by atoms with Gasteiger partial charge in [0.15, 0.2) is 0 Å². The van der Waals surface area contributed by atoms with Crippen LogP contribution in [0.1, 0.15) is 37.7 Å². The molecule has 1 aliphatic heterocycles. The van der Waals surface area contributed by atoms with Crippen LogP contribution in [0.2, 0.25) is 0 Å². The lowest BCUT2D eigenvalue weighted by Gasteiger charge is -2.22. The first-order valence-electron chi connectivity index (χ1n) is 9.18. The van der Waals surface area contributed by atoms with E-state index in [1.54, 1.807) is 0 Å². The molecular weight excluding hydrogens is 322 g/mol. The number of aryl methyl sites for hydroxylation is 1. The van der Waals surface area contributed by atoms with E-state index in [0.29, 0.717) is 6.54 Å². The molecule has 0 saturated carbocycles. The third kappa shape index (κ3) is 6.02. The minimum Gasteiger partial charge on any atom is -0.391 e. The molecule has 1 heterocycles. The molecule has 1 saturated heterocycles. The Bertz CT molecular complexity index is 486. The van der Waals surface area contributed by atoms with E-state index in [1.807, 2.05) is 6.07 Å². The van der Waals surface area contributed by atoms with Gasteiger partial charge in [0.2, 0.25) is 5.79 Å². The van der Waals surface area contributed by atoms with Crippen LogP contribution in [0.25, 0.3) is 0 Å². The predicted octanol–water partition coefficient (Wildman–Crippen LogP) is 0.571. The van der Waals surface area contributed by atoms with Crippen molar-refractivity contribution in [2.45, 2.75) is 62.6 Å². The van der Waals surface area contributed by atoms with Gasteiger partial charge >= 0.3 is 0 Å². The minimum atomic E-state index is -2.06. The molecule has 25 heavy (non-hydrogen) atoms. The number of ether oxygens (including phenoxy) is 1. The summed E-state index contributed by atoms with van der Waals surface area (Å²) in [6.07, 6.45) is 3.49. The summed E-state index contributed by atoms with van der Waals surface area (Å²) in [5.74, 6) is -2.06. The quantitative estimate of drug-likeness (QED) is 0.373. The molecule has 1 aliphatic rings. The molecule has 0 amide bonds. The zero-order valence-electron chi connectivity index (χ0n) is 14.7. The van der Waals surface area contributed by atoms with E-state index in [0.717, 1.165) is 25.8 Å². The number of benzene rings is 1. The Morgan fingerprint density at radius 2 is 1.68 bits per heavy atom. The Balaban J connectivity index is 1.47. The number of aliphatic hydroxyl groups is 4. The first-order chi connectivity index (χ1) is 12.1. The van der Waals surface area contributed by atoms with Crippen LogP contribution in [-0.2, 0) is 11.2 Å². The maximum Gasteiger partial charge on any atom is 0.219 e. The first kappa shape index (κ1) is 20.3. The average Bonchev–Trinajstić information content (AvgIpc) is 2.86. The minimum absolute atomic E-state index is 0.328. The van der Waals surface area contributed by atoms with Crippen molar-refractivity contribution in [3.63, 3.8) is 0 Å².